The van der Waals surface area contributed by atoms with E-state index in [9.17, 15) is 13.9 Å². The minimum Gasteiger partial charge on any atom is -0.387 e. The van der Waals surface area contributed by atoms with Gasteiger partial charge in [-0.3, -0.25) is 9.67 Å². The van der Waals surface area contributed by atoms with E-state index >= 15 is 0 Å². The summed E-state index contributed by atoms with van der Waals surface area (Å²) in [5.74, 6) is -1.43. The number of rotatable bonds is 6. The molecule has 2 aromatic heterocycles. The molecule has 3 rings (SSSR count). The number of hydrogen-bond acceptors (Lipinski definition) is 4. The molecule has 3 aromatic rings. The van der Waals surface area contributed by atoms with Gasteiger partial charge in [0.15, 0.2) is 0 Å². The first kappa shape index (κ1) is 17.2. The van der Waals surface area contributed by atoms with Gasteiger partial charge < -0.3 is 10.4 Å². The highest BCUT2D eigenvalue weighted by atomic mass is 19.1. The van der Waals surface area contributed by atoms with E-state index in [0.29, 0.717) is 6.54 Å². The van der Waals surface area contributed by atoms with E-state index in [4.69, 9.17) is 0 Å². The quantitative estimate of drug-likeness (QED) is 0.721. The number of aromatic nitrogens is 3. The maximum Gasteiger partial charge on any atom is 0.131 e. The Morgan fingerprint density at radius 2 is 2.12 bits per heavy atom. The summed E-state index contributed by atoms with van der Waals surface area (Å²) in [6.07, 6.45) is 4.23. The van der Waals surface area contributed by atoms with Crippen LogP contribution in [0.4, 0.5) is 8.78 Å². The van der Waals surface area contributed by atoms with Gasteiger partial charge in [0.05, 0.1) is 11.8 Å². The van der Waals surface area contributed by atoms with Crippen LogP contribution >= 0.6 is 0 Å². The number of hydrogen-bond donors (Lipinski definition) is 2. The minimum absolute atomic E-state index is 0.0626. The average molecular weight is 344 g/mol. The van der Waals surface area contributed by atoms with Crippen LogP contribution in [0.1, 0.15) is 17.2 Å². The van der Waals surface area contributed by atoms with Gasteiger partial charge in [0.25, 0.3) is 0 Å². The van der Waals surface area contributed by atoms with Crippen LogP contribution in [0.5, 0.6) is 0 Å². The van der Waals surface area contributed by atoms with Crippen molar-refractivity contribution in [2.75, 3.05) is 6.54 Å². The van der Waals surface area contributed by atoms with E-state index in [-0.39, 0.29) is 12.1 Å². The number of aryl methyl sites for hydroxylation is 1. The molecule has 2 heterocycles. The fourth-order valence-corrected chi connectivity index (χ4v) is 2.64. The van der Waals surface area contributed by atoms with E-state index in [1.807, 2.05) is 25.4 Å². The van der Waals surface area contributed by atoms with Crippen LogP contribution in [0.25, 0.3) is 11.3 Å². The van der Waals surface area contributed by atoms with Gasteiger partial charge in [-0.15, -0.1) is 0 Å². The number of halogens is 2. The number of nitrogens with one attached hydrogen (secondary N) is 1. The molecule has 0 aliphatic rings. The van der Waals surface area contributed by atoms with Crippen LogP contribution < -0.4 is 5.32 Å². The first-order valence-corrected chi connectivity index (χ1v) is 7.81. The van der Waals surface area contributed by atoms with E-state index in [0.717, 1.165) is 29.0 Å². The maximum absolute atomic E-state index is 13.7. The number of pyridine rings is 1. The highest BCUT2D eigenvalue weighted by molar-refractivity contribution is 5.61. The third kappa shape index (κ3) is 4.07. The summed E-state index contributed by atoms with van der Waals surface area (Å²) in [5.41, 5.74) is 2.69. The van der Waals surface area contributed by atoms with Crippen molar-refractivity contribution in [3.63, 3.8) is 0 Å². The fourth-order valence-electron chi connectivity index (χ4n) is 2.64. The van der Waals surface area contributed by atoms with E-state index in [1.54, 1.807) is 17.1 Å². The Bertz CT molecular complexity index is 852. The molecular weight excluding hydrogens is 326 g/mol. The van der Waals surface area contributed by atoms with Crippen LogP contribution in [-0.2, 0) is 13.6 Å². The fraction of sp³-hybridized carbons (Fsp3) is 0.222. The zero-order valence-electron chi connectivity index (χ0n) is 13.7. The topological polar surface area (TPSA) is 63.0 Å². The van der Waals surface area contributed by atoms with Gasteiger partial charge in [-0.2, -0.15) is 5.10 Å². The van der Waals surface area contributed by atoms with Crippen molar-refractivity contribution in [2.24, 2.45) is 7.05 Å². The minimum atomic E-state index is -1.07. The highest BCUT2D eigenvalue weighted by Gasteiger charge is 2.15. The van der Waals surface area contributed by atoms with Crippen molar-refractivity contribution in [3.05, 3.63) is 71.7 Å². The summed E-state index contributed by atoms with van der Waals surface area (Å²) >= 11 is 0. The summed E-state index contributed by atoms with van der Waals surface area (Å²) in [7, 11) is 1.83. The van der Waals surface area contributed by atoms with Crippen molar-refractivity contribution in [2.45, 2.75) is 12.6 Å². The molecule has 0 saturated heterocycles. The molecule has 0 bridgehead atoms. The number of aliphatic hydroxyl groups excluding tert-OH is 1. The zero-order valence-corrected chi connectivity index (χ0v) is 13.7. The van der Waals surface area contributed by atoms with Crippen LogP contribution in [0.3, 0.4) is 0 Å². The van der Waals surface area contributed by atoms with Crippen molar-refractivity contribution >= 4 is 0 Å². The Morgan fingerprint density at radius 3 is 2.84 bits per heavy atom. The Kier molecular flexibility index (Phi) is 5.16. The van der Waals surface area contributed by atoms with E-state index in [2.05, 4.69) is 15.4 Å². The molecule has 0 aliphatic carbocycles. The summed E-state index contributed by atoms with van der Waals surface area (Å²) in [6.45, 7) is 0.571. The summed E-state index contributed by atoms with van der Waals surface area (Å²) < 4.78 is 28.3. The Balaban J connectivity index is 1.66. The van der Waals surface area contributed by atoms with Crippen molar-refractivity contribution in [1.82, 2.24) is 20.1 Å². The van der Waals surface area contributed by atoms with E-state index in [1.165, 1.54) is 6.07 Å². The van der Waals surface area contributed by atoms with Crippen LogP contribution in [0, 0.1) is 11.6 Å². The molecule has 0 amide bonds. The molecular formula is C18H18F2N4O. The smallest absolute Gasteiger partial charge is 0.131 e. The Morgan fingerprint density at radius 1 is 1.28 bits per heavy atom. The second-order valence-electron chi connectivity index (χ2n) is 5.73. The standard InChI is InChI=1S/C18H18F2N4O/c1-24-11-13(18(23-24)12-3-2-6-21-8-12)9-22-10-17(25)15-5-4-14(19)7-16(15)20/h2-8,11,17,22,25H,9-10H2,1H3/t17-/m0/s1. The predicted molar refractivity (Wildman–Crippen MR) is 89.5 cm³/mol. The van der Waals surface area contributed by atoms with Crippen LogP contribution in [0.2, 0.25) is 0 Å². The third-order valence-electron chi connectivity index (χ3n) is 3.81. The summed E-state index contributed by atoms with van der Waals surface area (Å²) in [6, 6.07) is 6.90. The normalized spacial score (nSPS) is 12.3. The van der Waals surface area contributed by atoms with Gasteiger partial charge in [0.2, 0.25) is 0 Å². The molecule has 130 valence electrons. The lowest BCUT2D eigenvalue weighted by atomic mass is 10.1. The third-order valence-corrected chi connectivity index (χ3v) is 3.81. The molecule has 2 N–H and O–H groups in total. The highest BCUT2D eigenvalue weighted by Crippen LogP contribution is 2.21. The van der Waals surface area contributed by atoms with Crippen LogP contribution in [0.15, 0.2) is 48.9 Å². The van der Waals surface area contributed by atoms with Crippen molar-refractivity contribution in [3.8, 4) is 11.3 Å². The maximum atomic E-state index is 13.7. The molecule has 0 aliphatic heterocycles. The first-order valence-electron chi connectivity index (χ1n) is 7.81. The Labute approximate surface area is 144 Å². The van der Waals surface area contributed by atoms with Crippen LogP contribution in [-0.4, -0.2) is 26.4 Å². The largest absolute Gasteiger partial charge is 0.387 e. The first-order chi connectivity index (χ1) is 12.0. The number of benzene rings is 1. The average Bonchev–Trinajstić information content (AvgIpc) is 2.96. The molecule has 0 unspecified atom stereocenters. The van der Waals surface area contributed by atoms with Gasteiger partial charge >= 0.3 is 0 Å². The van der Waals surface area contributed by atoms with Gasteiger partial charge in [-0.1, -0.05) is 6.07 Å². The second-order valence-corrected chi connectivity index (χ2v) is 5.73. The predicted octanol–water partition coefficient (Wildman–Crippen LogP) is 2.58. The molecule has 0 radical (unpaired) electrons. The number of aliphatic hydroxyl groups is 1. The lowest BCUT2D eigenvalue weighted by Gasteiger charge is -2.13. The molecule has 1 atom stereocenters. The van der Waals surface area contributed by atoms with Gasteiger partial charge in [-0.25, -0.2) is 8.78 Å². The SMILES string of the molecule is Cn1cc(CNC[C@H](O)c2ccc(F)cc2F)c(-c2cccnc2)n1. The summed E-state index contributed by atoms with van der Waals surface area (Å²) in [5, 5.41) is 17.6. The molecule has 7 heteroatoms. The van der Waals surface area contributed by atoms with Crippen molar-refractivity contribution in [1.29, 1.82) is 0 Å². The zero-order chi connectivity index (χ0) is 17.8. The van der Waals surface area contributed by atoms with Gasteiger partial charge in [-0.05, 0) is 18.2 Å². The molecule has 5 nitrogen and oxygen atoms in total. The van der Waals surface area contributed by atoms with Crippen molar-refractivity contribution < 1.29 is 13.9 Å². The van der Waals surface area contributed by atoms with E-state index < -0.39 is 17.7 Å². The van der Waals surface area contributed by atoms with Gasteiger partial charge in [0.1, 0.15) is 11.6 Å². The molecule has 0 fully saturated rings. The molecule has 1 aromatic carbocycles. The lowest BCUT2D eigenvalue weighted by Crippen LogP contribution is -2.22. The monoisotopic (exact) mass is 344 g/mol. The Hall–Kier alpha value is -2.64. The van der Waals surface area contributed by atoms with Gasteiger partial charge in [0, 0.05) is 61.5 Å². The molecule has 0 saturated carbocycles. The molecule has 0 spiro atoms. The number of nitrogens with zero attached hydrogens (tertiary/aromatic N) is 3. The lowest BCUT2D eigenvalue weighted by molar-refractivity contribution is 0.169. The summed E-state index contributed by atoms with van der Waals surface area (Å²) in [4.78, 5) is 4.09. The molecule has 25 heavy (non-hydrogen) atoms. The second kappa shape index (κ2) is 7.50.